The van der Waals surface area contributed by atoms with E-state index in [-0.39, 0.29) is 35.0 Å². The van der Waals surface area contributed by atoms with Gasteiger partial charge in [0.25, 0.3) is 5.91 Å². The van der Waals surface area contributed by atoms with E-state index in [9.17, 15) is 19.2 Å². The van der Waals surface area contributed by atoms with Crippen LogP contribution < -0.4 is 10.6 Å². The van der Waals surface area contributed by atoms with E-state index in [4.69, 9.17) is 4.74 Å². The summed E-state index contributed by atoms with van der Waals surface area (Å²) in [6.45, 7) is -0.0910. The molecule has 2 atom stereocenters. The van der Waals surface area contributed by atoms with Gasteiger partial charge >= 0.3 is 6.03 Å². The van der Waals surface area contributed by atoms with Gasteiger partial charge in [0, 0.05) is 12.5 Å². The number of ketones is 1. The Hall–Kier alpha value is -2.33. The smallest absolute Gasteiger partial charge is 0.325 e. The third kappa shape index (κ3) is 6.46. The van der Waals surface area contributed by atoms with Gasteiger partial charge in [0.2, 0.25) is 11.7 Å². The van der Waals surface area contributed by atoms with Gasteiger partial charge in [0.15, 0.2) is 5.13 Å². The monoisotopic (exact) mass is 504 g/mol. The number of carbonyl (C=O) groups is 4. The summed E-state index contributed by atoms with van der Waals surface area (Å²) >= 11 is 1.14. The maximum absolute atomic E-state index is 13.4. The van der Waals surface area contributed by atoms with E-state index in [0.29, 0.717) is 18.8 Å². The van der Waals surface area contributed by atoms with E-state index >= 15 is 0 Å². The number of Topliss-reactive ketones (excluding diaryl/α,β-unsaturated/α-hetero) is 1. The molecule has 9 nitrogen and oxygen atoms in total. The molecule has 2 aliphatic carbocycles. The van der Waals surface area contributed by atoms with Gasteiger partial charge in [-0.1, -0.05) is 64.2 Å². The number of nitrogens with zero attached hydrogens (tertiary/aromatic N) is 2. The van der Waals surface area contributed by atoms with Gasteiger partial charge in [-0.05, 0) is 24.7 Å². The van der Waals surface area contributed by atoms with E-state index in [1.54, 1.807) is 5.38 Å². The number of hydrogen-bond acceptors (Lipinski definition) is 7. The number of aromatic nitrogens is 1. The second-order valence-electron chi connectivity index (χ2n) is 10.1. The molecule has 2 N–H and O–H groups in total. The molecule has 0 aromatic carbocycles. The first-order valence-electron chi connectivity index (χ1n) is 12.9. The SMILES string of the molecule is COCC(=O)c1csc(NC(=O)C(CC2CCCCC2)N2C(=O)NC(CC3CCCCC3)C2=O)n1. The molecule has 1 aliphatic heterocycles. The molecule has 0 bridgehead atoms. The van der Waals surface area contributed by atoms with Crippen LogP contribution in [-0.4, -0.2) is 59.3 Å². The molecule has 10 heteroatoms. The summed E-state index contributed by atoms with van der Waals surface area (Å²) in [6.07, 6.45) is 12.2. The van der Waals surface area contributed by atoms with Crippen molar-refractivity contribution in [2.45, 2.75) is 89.1 Å². The van der Waals surface area contributed by atoms with Crippen molar-refractivity contribution < 1.29 is 23.9 Å². The minimum atomic E-state index is -0.899. The molecule has 1 saturated heterocycles. The lowest BCUT2D eigenvalue weighted by Gasteiger charge is -2.30. The number of carbonyl (C=O) groups excluding carboxylic acids is 4. The highest BCUT2D eigenvalue weighted by Crippen LogP contribution is 2.32. The largest absolute Gasteiger partial charge is 0.376 e. The number of methoxy groups -OCH3 is 1. The number of anilines is 1. The standard InChI is InChI=1S/C25H36N4O5S/c1-34-14-21(30)19-15-35-24(26-19)28-22(31)20(13-17-10-6-3-7-11-17)29-23(32)18(27-25(29)33)12-16-8-4-2-5-9-16/h15-18,20H,2-14H2,1H3,(H,27,33)(H,26,28,31). The van der Waals surface area contributed by atoms with Crippen molar-refractivity contribution in [1.29, 1.82) is 0 Å². The fourth-order valence-corrected chi connectivity index (χ4v) is 6.40. The summed E-state index contributed by atoms with van der Waals surface area (Å²) in [5, 5.41) is 7.46. The van der Waals surface area contributed by atoms with Gasteiger partial charge in [-0.2, -0.15) is 0 Å². The van der Waals surface area contributed by atoms with Crippen LogP contribution in [0.2, 0.25) is 0 Å². The lowest BCUT2D eigenvalue weighted by atomic mass is 9.83. The molecule has 4 amide bonds. The predicted octanol–water partition coefficient (Wildman–Crippen LogP) is 4.14. The van der Waals surface area contributed by atoms with Crippen LogP contribution >= 0.6 is 11.3 Å². The maximum atomic E-state index is 13.4. The summed E-state index contributed by atoms with van der Waals surface area (Å²) in [4.78, 5) is 57.2. The molecule has 2 saturated carbocycles. The molecule has 1 aromatic rings. The third-order valence-corrected chi connectivity index (χ3v) is 8.29. The molecule has 0 radical (unpaired) electrons. The molecule has 3 aliphatic rings. The zero-order valence-corrected chi connectivity index (χ0v) is 21.2. The highest BCUT2D eigenvalue weighted by Gasteiger charge is 2.46. The van der Waals surface area contributed by atoms with Crippen LogP contribution in [0.4, 0.5) is 9.93 Å². The summed E-state index contributed by atoms with van der Waals surface area (Å²) in [5.74, 6) is -0.290. The highest BCUT2D eigenvalue weighted by atomic mass is 32.1. The van der Waals surface area contributed by atoms with Crippen molar-refractivity contribution in [3.8, 4) is 0 Å². The van der Waals surface area contributed by atoms with Gasteiger partial charge in [-0.3, -0.25) is 14.4 Å². The second-order valence-corrected chi connectivity index (χ2v) is 10.9. The van der Waals surface area contributed by atoms with Crippen molar-refractivity contribution in [3.05, 3.63) is 11.1 Å². The van der Waals surface area contributed by atoms with Gasteiger partial charge in [-0.25, -0.2) is 14.7 Å². The average Bonchev–Trinajstić information content (AvgIpc) is 3.43. The number of ether oxygens (including phenoxy) is 1. The molecular weight excluding hydrogens is 468 g/mol. The van der Waals surface area contributed by atoms with Crippen LogP contribution in [0.5, 0.6) is 0 Å². The van der Waals surface area contributed by atoms with E-state index in [2.05, 4.69) is 15.6 Å². The summed E-state index contributed by atoms with van der Waals surface area (Å²) in [5.41, 5.74) is 0.221. The number of nitrogens with one attached hydrogen (secondary N) is 2. The molecule has 192 valence electrons. The van der Waals surface area contributed by atoms with Crippen LogP contribution in [0, 0.1) is 11.8 Å². The Labute approximate surface area is 210 Å². The van der Waals surface area contributed by atoms with Crippen LogP contribution in [0.1, 0.15) is 87.5 Å². The van der Waals surface area contributed by atoms with Crippen molar-refractivity contribution in [2.75, 3.05) is 19.0 Å². The Kier molecular flexibility index (Phi) is 8.89. The average molecular weight is 505 g/mol. The molecule has 2 unspecified atom stereocenters. The number of imide groups is 1. The zero-order chi connectivity index (χ0) is 24.8. The highest BCUT2D eigenvalue weighted by molar-refractivity contribution is 7.14. The van der Waals surface area contributed by atoms with Crippen molar-refractivity contribution in [1.82, 2.24) is 15.2 Å². The Morgan fingerprint density at radius 1 is 1.11 bits per heavy atom. The lowest BCUT2D eigenvalue weighted by molar-refractivity contribution is -0.134. The second kappa shape index (κ2) is 12.1. The molecule has 1 aromatic heterocycles. The third-order valence-electron chi connectivity index (χ3n) is 7.54. The van der Waals surface area contributed by atoms with E-state index in [1.165, 1.54) is 32.8 Å². The number of rotatable bonds is 10. The van der Waals surface area contributed by atoms with Crippen molar-refractivity contribution in [2.24, 2.45) is 11.8 Å². The fraction of sp³-hybridized carbons (Fsp3) is 0.720. The molecule has 2 heterocycles. The number of urea groups is 1. The fourth-order valence-electron chi connectivity index (χ4n) is 5.68. The molecule has 4 rings (SSSR count). The van der Waals surface area contributed by atoms with E-state index in [1.807, 2.05) is 0 Å². The molecular formula is C25H36N4O5S. The summed E-state index contributed by atoms with van der Waals surface area (Å²) < 4.78 is 4.87. The van der Waals surface area contributed by atoms with Crippen LogP contribution in [0.25, 0.3) is 0 Å². The molecule has 3 fully saturated rings. The van der Waals surface area contributed by atoms with E-state index in [0.717, 1.165) is 54.8 Å². The van der Waals surface area contributed by atoms with Crippen molar-refractivity contribution >= 4 is 40.1 Å². The quantitative estimate of drug-likeness (QED) is 0.365. The van der Waals surface area contributed by atoms with Gasteiger partial charge < -0.3 is 15.4 Å². The number of hydrogen-bond donors (Lipinski definition) is 2. The maximum Gasteiger partial charge on any atom is 0.325 e. The summed E-state index contributed by atoms with van der Waals surface area (Å²) in [7, 11) is 1.43. The topological polar surface area (TPSA) is 118 Å². The zero-order valence-electron chi connectivity index (χ0n) is 20.4. The van der Waals surface area contributed by atoms with Gasteiger partial charge in [0.1, 0.15) is 24.4 Å². The first-order chi connectivity index (χ1) is 17.0. The Bertz CT molecular complexity index is 923. The minimum Gasteiger partial charge on any atom is -0.376 e. The minimum absolute atomic E-state index is 0.0910. The normalized spacial score (nSPS) is 22.8. The Morgan fingerprint density at radius 2 is 1.77 bits per heavy atom. The summed E-state index contributed by atoms with van der Waals surface area (Å²) in [6, 6.07) is -1.95. The lowest BCUT2D eigenvalue weighted by Crippen LogP contribution is -2.49. The van der Waals surface area contributed by atoms with Crippen molar-refractivity contribution in [3.63, 3.8) is 0 Å². The predicted molar refractivity (Wildman–Crippen MR) is 132 cm³/mol. The van der Waals surface area contributed by atoms with Crippen LogP contribution in [0.3, 0.4) is 0 Å². The Morgan fingerprint density at radius 3 is 2.43 bits per heavy atom. The molecule has 0 spiro atoms. The molecule has 35 heavy (non-hydrogen) atoms. The van der Waals surface area contributed by atoms with Gasteiger partial charge in [0.05, 0.1) is 0 Å². The number of amides is 4. The first-order valence-corrected chi connectivity index (χ1v) is 13.8. The van der Waals surface area contributed by atoms with Crippen LogP contribution in [-0.2, 0) is 14.3 Å². The van der Waals surface area contributed by atoms with Crippen LogP contribution in [0.15, 0.2) is 5.38 Å². The number of thiazole rings is 1. The first kappa shape index (κ1) is 25.8. The van der Waals surface area contributed by atoms with Gasteiger partial charge in [-0.15, -0.1) is 11.3 Å². The van der Waals surface area contributed by atoms with E-state index < -0.39 is 24.0 Å². The Balaban J connectivity index is 1.48.